The first kappa shape index (κ1) is 32.2. The summed E-state index contributed by atoms with van der Waals surface area (Å²) >= 11 is 1.80. The Morgan fingerprint density at radius 2 is 0.911 bits per heavy atom. The maximum Gasteiger partial charge on any atom is 0.165 e. The van der Waals surface area contributed by atoms with Gasteiger partial charge in [-0.1, -0.05) is 152 Å². The van der Waals surface area contributed by atoms with Crippen LogP contribution in [0.5, 0.6) is 0 Å². The average Bonchev–Trinajstić information content (AvgIpc) is 3.83. The highest BCUT2D eigenvalue weighted by atomic mass is 32.1. The number of hydrogen-bond donors (Lipinski definition) is 0. The van der Waals surface area contributed by atoms with E-state index in [9.17, 15) is 0 Å². The second-order valence-electron chi connectivity index (χ2n) is 14.0. The van der Waals surface area contributed by atoms with E-state index in [1.807, 2.05) is 60.7 Å². The van der Waals surface area contributed by atoms with E-state index in [-0.39, 0.29) is 0 Å². The van der Waals surface area contributed by atoms with E-state index in [2.05, 4.69) is 138 Å². The lowest BCUT2D eigenvalue weighted by Crippen LogP contribution is -2.00. The van der Waals surface area contributed by atoms with E-state index in [4.69, 9.17) is 15.0 Å². The van der Waals surface area contributed by atoms with Crippen molar-refractivity contribution < 1.29 is 0 Å². The highest BCUT2D eigenvalue weighted by Gasteiger charge is 2.19. The smallest absolute Gasteiger partial charge is 0.165 e. The van der Waals surface area contributed by atoms with Gasteiger partial charge in [0.1, 0.15) is 0 Å². The Morgan fingerprint density at radius 3 is 1.64 bits per heavy atom. The molecule has 4 nitrogen and oxygen atoms in total. The Hall–Kier alpha value is -7.21. The fourth-order valence-corrected chi connectivity index (χ4v) is 9.28. The van der Waals surface area contributed by atoms with Crippen LogP contribution >= 0.6 is 11.3 Å². The number of fused-ring (bicyclic) bond motifs is 6. The number of nitrogens with zero attached hydrogens (tertiary/aromatic N) is 4. The summed E-state index contributed by atoms with van der Waals surface area (Å²) in [7, 11) is 0. The minimum atomic E-state index is 0.662. The Labute approximate surface area is 327 Å². The number of rotatable bonds is 6. The van der Waals surface area contributed by atoms with Crippen molar-refractivity contribution in [1.29, 1.82) is 0 Å². The molecule has 0 aliphatic carbocycles. The third-order valence-electron chi connectivity index (χ3n) is 10.7. The fraction of sp³-hybridized carbons (Fsp3) is 0. The van der Waals surface area contributed by atoms with Crippen molar-refractivity contribution in [1.82, 2.24) is 19.5 Å². The van der Waals surface area contributed by atoms with Crippen LogP contribution in [0, 0.1) is 0 Å². The molecule has 0 N–H and O–H groups in total. The molecule has 0 fully saturated rings. The van der Waals surface area contributed by atoms with Gasteiger partial charge in [0.25, 0.3) is 0 Å². The lowest BCUT2D eigenvalue weighted by Gasteiger charge is -2.10. The molecule has 5 heteroatoms. The molecule has 0 unspecified atom stereocenters. The van der Waals surface area contributed by atoms with Crippen LogP contribution in [0.1, 0.15) is 0 Å². The van der Waals surface area contributed by atoms with Crippen LogP contribution in [0.3, 0.4) is 0 Å². The van der Waals surface area contributed by atoms with Crippen molar-refractivity contribution in [3.8, 4) is 62.1 Å². The summed E-state index contributed by atoms with van der Waals surface area (Å²) in [5.41, 5.74) is 11.3. The summed E-state index contributed by atoms with van der Waals surface area (Å²) in [4.78, 5) is 15.1. The van der Waals surface area contributed by atoms with Crippen LogP contribution in [-0.2, 0) is 0 Å². The van der Waals surface area contributed by atoms with Crippen LogP contribution in [0.2, 0.25) is 0 Å². The lowest BCUT2D eigenvalue weighted by molar-refractivity contribution is 1.08. The quantitative estimate of drug-likeness (QED) is 0.171. The predicted octanol–water partition coefficient (Wildman–Crippen LogP) is 13.7. The van der Waals surface area contributed by atoms with Crippen LogP contribution in [0.15, 0.2) is 194 Å². The van der Waals surface area contributed by atoms with Gasteiger partial charge >= 0.3 is 0 Å². The van der Waals surface area contributed by atoms with Crippen molar-refractivity contribution in [2.45, 2.75) is 0 Å². The molecule has 262 valence electrons. The van der Waals surface area contributed by atoms with E-state index in [1.165, 1.54) is 69.9 Å². The van der Waals surface area contributed by atoms with Gasteiger partial charge in [-0.25, -0.2) is 15.0 Å². The summed E-state index contributed by atoms with van der Waals surface area (Å²) in [6.07, 6.45) is 0. The van der Waals surface area contributed by atoms with Gasteiger partial charge in [-0.3, -0.25) is 0 Å². The molecular weight excluding hydrogens is 701 g/mol. The first-order valence-electron chi connectivity index (χ1n) is 18.8. The van der Waals surface area contributed by atoms with Crippen LogP contribution in [0.4, 0.5) is 0 Å². The summed E-state index contributed by atoms with van der Waals surface area (Å²) in [6, 6.07) is 68.6. The molecule has 0 atom stereocenters. The molecular formula is C51H32N4S. The maximum atomic E-state index is 5.07. The first-order valence-corrected chi connectivity index (χ1v) is 19.6. The molecule has 3 aromatic heterocycles. The highest BCUT2D eigenvalue weighted by molar-refractivity contribution is 7.26. The van der Waals surface area contributed by atoms with Crippen molar-refractivity contribution in [3.63, 3.8) is 0 Å². The van der Waals surface area contributed by atoms with Gasteiger partial charge < -0.3 is 4.57 Å². The van der Waals surface area contributed by atoms with Gasteiger partial charge in [0, 0.05) is 53.3 Å². The molecule has 0 saturated heterocycles. The zero-order valence-corrected chi connectivity index (χ0v) is 31.0. The number of para-hydroxylation sites is 2. The SMILES string of the molecule is c1ccc(-c2nc(-c3ccccc3)nc(-c3cccc4c3sc3cccc(-c5ccc(-c6ccc7c(c6)c6ccccc6n7-c6ccccc6)cc5)c34)n2)cc1. The average molecular weight is 733 g/mol. The third kappa shape index (κ3) is 5.40. The number of hydrogen-bond acceptors (Lipinski definition) is 4. The Balaban J connectivity index is 1.01. The van der Waals surface area contributed by atoms with E-state index >= 15 is 0 Å². The minimum absolute atomic E-state index is 0.662. The van der Waals surface area contributed by atoms with Gasteiger partial charge in [-0.2, -0.15) is 0 Å². The maximum absolute atomic E-state index is 5.07. The summed E-state index contributed by atoms with van der Waals surface area (Å²) in [5, 5.41) is 4.95. The van der Waals surface area contributed by atoms with Gasteiger partial charge in [0.15, 0.2) is 17.5 Å². The molecule has 11 aromatic rings. The van der Waals surface area contributed by atoms with Crippen molar-refractivity contribution in [2.75, 3.05) is 0 Å². The van der Waals surface area contributed by atoms with Crippen molar-refractivity contribution in [3.05, 3.63) is 194 Å². The normalized spacial score (nSPS) is 11.6. The zero-order valence-electron chi connectivity index (χ0n) is 30.2. The molecule has 0 amide bonds. The molecule has 0 saturated carbocycles. The fourth-order valence-electron chi connectivity index (χ4n) is 8.04. The first-order chi connectivity index (χ1) is 27.8. The summed E-state index contributed by atoms with van der Waals surface area (Å²) < 4.78 is 4.76. The van der Waals surface area contributed by atoms with Crippen molar-refractivity contribution >= 4 is 53.3 Å². The molecule has 8 aromatic carbocycles. The van der Waals surface area contributed by atoms with Gasteiger partial charge in [0.05, 0.1) is 11.0 Å². The molecule has 56 heavy (non-hydrogen) atoms. The van der Waals surface area contributed by atoms with Crippen LogP contribution in [-0.4, -0.2) is 19.5 Å². The molecule has 0 spiro atoms. The molecule has 0 radical (unpaired) electrons. The zero-order chi connectivity index (χ0) is 37.0. The number of thiophene rings is 1. The van der Waals surface area contributed by atoms with E-state index in [0.29, 0.717) is 17.5 Å². The molecule has 0 aliphatic heterocycles. The van der Waals surface area contributed by atoms with E-state index in [0.717, 1.165) is 16.7 Å². The topological polar surface area (TPSA) is 43.6 Å². The number of aromatic nitrogens is 4. The largest absolute Gasteiger partial charge is 0.309 e. The van der Waals surface area contributed by atoms with Gasteiger partial charge in [0.2, 0.25) is 0 Å². The van der Waals surface area contributed by atoms with E-state index < -0.39 is 0 Å². The van der Waals surface area contributed by atoms with E-state index in [1.54, 1.807) is 11.3 Å². The second-order valence-corrected chi connectivity index (χ2v) is 15.1. The summed E-state index contributed by atoms with van der Waals surface area (Å²) in [5.74, 6) is 1.99. The third-order valence-corrected chi connectivity index (χ3v) is 11.9. The monoisotopic (exact) mass is 732 g/mol. The lowest BCUT2D eigenvalue weighted by atomic mass is 9.96. The van der Waals surface area contributed by atoms with Gasteiger partial charge in [-0.15, -0.1) is 11.3 Å². The second kappa shape index (κ2) is 13.3. The van der Waals surface area contributed by atoms with Crippen LogP contribution in [0.25, 0.3) is 104 Å². The Bertz CT molecular complexity index is 3160. The van der Waals surface area contributed by atoms with Crippen LogP contribution < -0.4 is 0 Å². The predicted molar refractivity (Wildman–Crippen MR) is 234 cm³/mol. The van der Waals surface area contributed by atoms with Crippen molar-refractivity contribution in [2.24, 2.45) is 0 Å². The molecule has 11 rings (SSSR count). The van der Waals surface area contributed by atoms with Gasteiger partial charge in [-0.05, 0) is 64.7 Å². The minimum Gasteiger partial charge on any atom is -0.309 e. The molecule has 0 bridgehead atoms. The summed E-state index contributed by atoms with van der Waals surface area (Å²) in [6.45, 7) is 0. The molecule has 0 aliphatic rings. The Kier molecular flexibility index (Phi) is 7.64. The Morgan fingerprint density at radius 1 is 0.357 bits per heavy atom. The number of benzene rings is 8. The highest BCUT2D eigenvalue weighted by Crippen LogP contribution is 2.44. The molecule has 3 heterocycles. The standard InChI is InChI=1S/C51H32N4S/c1-4-14-35(15-5-1)49-52-50(36-16-6-2-7-17-36)54-51(53-49)42-23-12-22-41-47-39(21-13-25-46(47)56-48(41)42)34-28-26-33(27-29-34)37-30-31-45-43(32-37)40-20-10-11-24-44(40)55(45)38-18-8-3-9-19-38/h1-32H.